The lowest BCUT2D eigenvalue weighted by Gasteiger charge is -2.36. The summed E-state index contributed by atoms with van der Waals surface area (Å²) >= 11 is 6.11. The number of benzene rings is 1. The summed E-state index contributed by atoms with van der Waals surface area (Å²) in [6.07, 6.45) is 1.95. The Labute approximate surface area is 205 Å². The number of hydrogen-bond acceptors (Lipinski definition) is 8. The SMILES string of the molecule is CCOC(=O)C1CCN(C#CN2CCC(NC(=O)c3cc(Cl)c(N)cc3OC)C(OC)C2)CC1. The third kappa shape index (κ3) is 6.39. The number of nitrogens with two attached hydrogens (primary N) is 1. The van der Waals surface area contributed by atoms with Crippen LogP contribution in [0, 0.1) is 18.0 Å². The van der Waals surface area contributed by atoms with Crippen molar-refractivity contribution < 1.29 is 23.8 Å². The van der Waals surface area contributed by atoms with Gasteiger partial charge in [-0.2, -0.15) is 0 Å². The number of hydrogen-bond donors (Lipinski definition) is 2. The van der Waals surface area contributed by atoms with Crippen molar-refractivity contribution in [1.82, 2.24) is 15.1 Å². The van der Waals surface area contributed by atoms with E-state index in [1.807, 2.05) is 16.7 Å². The number of anilines is 1. The van der Waals surface area contributed by atoms with Crippen LogP contribution in [0.15, 0.2) is 12.1 Å². The molecule has 3 N–H and O–H groups in total. The van der Waals surface area contributed by atoms with Crippen LogP contribution < -0.4 is 15.8 Å². The maximum absolute atomic E-state index is 12.9. The fourth-order valence-corrected chi connectivity index (χ4v) is 4.38. The molecule has 0 aliphatic carbocycles. The molecule has 0 aromatic heterocycles. The molecule has 2 aliphatic rings. The molecular weight excluding hydrogens is 460 g/mol. The average Bonchev–Trinajstić information content (AvgIpc) is 2.85. The highest BCUT2D eigenvalue weighted by atomic mass is 35.5. The molecule has 2 fully saturated rings. The van der Waals surface area contributed by atoms with Crippen LogP contribution in [-0.4, -0.2) is 80.8 Å². The first-order valence-electron chi connectivity index (χ1n) is 11.5. The van der Waals surface area contributed by atoms with Crippen LogP contribution in [0.2, 0.25) is 5.02 Å². The van der Waals surface area contributed by atoms with Crippen LogP contribution in [0.25, 0.3) is 0 Å². The van der Waals surface area contributed by atoms with E-state index in [2.05, 4.69) is 17.4 Å². The molecule has 0 bridgehead atoms. The predicted octanol–water partition coefficient (Wildman–Crippen LogP) is 1.94. The average molecular weight is 493 g/mol. The Morgan fingerprint density at radius 3 is 2.47 bits per heavy atom. The highest BCUT2D eigenvalue weighted by Gasteiger charge is 2.31. The molecule has 2 unspecified atom stereocenters. The molecule has 2 atom stereocenters. The number of nitrogens with one attached hydrogen (secondary N) is 1. The number of piperidine rings is 2. The maximum atomic E-state index is 12.9. The topological polar surface area (TPSA) is 106 Å². The molecule has 2 heterocycles. The van der Waals surface area contributed by atoms with Crippen LogP contribution >= 0.6 is 11.6 Å². The summed E-state index contributed by atoms with van der Waals surface area (Å²) in [5.41, 5.74) is 6.49. The number of nitrogen functional groups attached to an aromatic ring is 1. The van der Waals surface area contributed by atoms with E-state index in [-0.39, 0.29) is 29.9 Å². The molecule has 0 spiro atoms. The van der Waals surface area contributed by atoms with Gasteiger partial charge in [0.05, 0.1) is 54.6 Å². The van der Waals surface area contributed by atoms with Gasteiger partial charge in [-0.1, -0.05) is 11.6 Å². The predicted molar refractivity (Wildman–Crippen MR) is 129 cm³/mol. The number of carbonyl (C=O) groups is 2. The van der Waals surface area contributed by atoms with Crippen LogP contribution in [0.3, 0.4) is 0 Å². The third-order valence-electron chi connectivity index (χ3n) is 6.22. The molecule has 0 saturated carbocycles. The lowest BCUT2D eigenvalue weighted by Crippen LogP contribution is -2.53. The fourth-order valence-electron chi connectivity index (χ4n) is 4.21. The Kier molecular flexibility index (Phi) is 9.13. The van der Waals surface area contributed by atoms with Crippen molar-refractivity contribution in [3.63, 3.8) is 0 Å². The van der Waals surface area contributed by atoms with Gasteiger partial charge < -0.3 is 35.1 Å². The zero-order valence-electron chi connectivity index (χ0n) is 19.9. The highest BCUT2D eigenvalue weighted by molar-refractivity contribution is 6.33. The van der Waals surface area contributed by atoms with Gasteiger partial charge in [0.15, 0.2) is 0 Å². The van der Waals surface area contributed by atoms with E-state index in [4.69, 9.17) is 31.5 Å². The van der Waals surface area contributed by atoms with E-state index in [1.54, 1.807) is 13.2 Å². The van der Waals surface area contributed by atoms with Gasteiger partial charge in [0.1, 0.15) is 5.75 Å². The Bertz CT molecular complexity index is 939. The smallest absolute Gasteiger partial charge is 0.309 e. The number of halogens is 1. The summed E-state index contributed by atoms with van der Waals surface area (Å²) in [7, 11) is 3.11. The molecule has 10 heteroatoms. The van der Waals surface area contributed by atoms with Crippen LogP contribution in [0.1, 0.15) is 36.5 Å². The molecule has 9 nitrogen and oxygen atoms in total. The van der Waals surface area contributed by atoms with E-state index >= 15 is 0 Å². The minimum Gasteiger partial charge on any atom is -0.496 e. The summed E-state index contributed by atoms with van der Waals surface area (Å²) in [5.74, 6) is -0.0796. The number of amides is 1. The van der Waals surface area contributed by atoms with Gasteiger partial charge in [-0.15, -0.1) is 0 Å². The van der Waals surface area contributed by atoms with Crippen LogP contribution in [0.4, 0.5) is 5.69 Å². The first kappa shape index (κ1) is 25.8. The second-order valence-electron chi connectivity index (χ2n) is 8.40. The second-order valence-corrected chi connectivity index (χ2v) is 8.81. The van der Waals surface area contributed by atoms with Gasteiger partial charge in [-0.25, -0.2) is 0 Å². The molecule has 2 aliphatic heterocycles. The largest absolute Gasteiger partial charge is 0.496 e. The van der Waals surface area contributed by atoms with E-state index < -0.39 is 0 Å². The molecular formula is C24H33ClN4O5. The lowest BCUT2D eigenvalue weighted by atomic mass is 9.97. The Hall–Kier alpha value is -2.83. The Balaban J connectivity index is 1.55. The number of methoxy groups -OCH3 is 2. The van der Waals surface area contributed by atoms with Crippen LogP contribution in [0.5, 0.6) is 5.75 Å². The quantitative estimate of drug-likeness (QED) is 0.352. The van der Waals surface area contributed by atoms with Gasteiger partial charge in [-0.3, -0.25) is 9.59 Å². The summed E-state index contributed by atoms with van der Waals surface area (Å²) in [4.78, 5) is 28.9. The molecule has 1 aromatic carbocycles. The van der Waals surface area contributed by atoms with E-state index in [0.29, 0.717) is 48.1 Å². The standard InChI is InChI=1S/C24H33ClN4O5/c1-4-34-24(31)16-5-8-28(9-6-16)11-12-29-10-7-20(22(15-29)33-3)27-23(30)17-13-18(25)19(26)14-21(17)32-2/h13-14,16,20,22H,4-10,15,26H2,1-3H3,(H,27,30). The first-order chi connectivity index (χ1) is 16.4. The van der Waals surface area contributed by atoms with Crippen molar-refractivity contribution in [3.8, 4) is 17.8 Å². The van der Waals surface area contributed by atoms with Gasteiger partial charge in [0.25, 0.3) is 5.91 Å². The highest BCUT2D eigenvalue weighted by Crippen LogP contribution is 2.29. The van der Waals surface area contributed by atoms with E-state index in [9.17, 15) is 9.59 Å². The first-order valence-corrected chi connectivity index (χ1v) is 11.9. The van der Waals surface area contributed by atoms with Crippen molar-refractivity contribution in [2.24, 2.45) is 5.92 Å². The molecule has 1 aromatic rings. The summed E-state index contributed by atoms with van der Waals surface area (Å²) in [6, 6.07) is 9.29. The number of nitrogens with zero attached hydrogens (tertiary/aromatic N) is 2. The van der Waals surface area contributed by atoms with Crippen molar-refractivity contribution in [2.75, 3.05) is 52.7 Å². The van der Waals surface area contributed by atoms with Gasteiger partial charge in [-0.05, 0) is 32.3 Å². The zero-order chi connectivity index (χ0) is 24.7. The number of rotatable bonds is 6. The summed E-state index contributed by atoms with van der Waals surface area (Å²) < 4.78 is 16.1. The monoisotopic (exact) mass is 492 g/mol. The molecule has 34 heavy (non-hydrogen) atoms. The number of esters is 1. The van der Waals surface area contributed by atoms with Gasteiger partial charge >= 0.3 is 5.97 Å². The Morgan fingerprint density at radius 1 is 1.15 bits per heavy atom. The molecule has 186 valence electrons. The number of ether oxygens (including phenoxy) is 3. The third-order valence-corrected chi connectivity index (χ3v) is 6.55. The fraction of sp³-hybridized carbons (Fsp3) is 0.583. The molecule has 3 rings (SSSR count). The van der Waals surface area contributed by atoms with E-state index in [0.717, 1.165) is 25.9 Å². The van der Waals surface area contributed by atoms with Crippen molar-refractivity contribution in [2.45, 2.75) is 38.3 Å². The van der Waals surface area contributed by atoms with Crippen molar-refractivity contribution >= 4 is 29.2 Å². The van der Waals surface area contributed by atoms with Gasteiger partial charge in [0, 0.05) is 44.9 Å². The molecule has 0 radical (unpaired) electrons. The minimum absolute atomic E-state index is 0.0372. The normalized spacial score (nSPS) is 20.8. The lowest BCUT2D eigenvalue weighted by molar-refractivity contribution is -0.149. The molecule has 1 amide bonds. The summed E-state index contributed by atoms with van der Waals surface area (Å²) in [5, 5.41) is 3.33. The second kappa shape index (κ2) is 12.0. The van der Waals surface area contributed by atoms with Gasteiger partial charge in [0.2, 0.25) is 0 Å². The zero-order valence-corrected chi connectivity index (χ0v) is 20.7. The van der Waals surface area contributed by atoms with Crippen molar-refractivity contribution in [1.29, 1.82) is 0 Å². The summed E-state index contributed by atoms with van der Waals surface area (Å²) in [6.45, 7) is 4.97. The Morgan fingerprint density at radius 2 is 1.82 bits per heavy atom. The molecule has 2 saturated heterocycles. The van der Waals surface area contributed by atoms with E-state index in [1.165, 1.54) is 13.2 Å². The number of carbonyl (C=O) groups excluding carboxylic acids is 2. The maximum Gasteiger partial charge on any atom is 0.309 e. The van der Waals surface area contributed by atoms with Crippen LogP contribution in [-0.2, 0) is 14.3 Å². The number of likely N-dealkylation sites (tertiary alicyclic amines) is 2. The van der Waals surface area contributed by atoms with Crippen molar-refractivity contribution in [3.05, 3.63) is 22.7 Å². The minimum atomic E-state index is -0.296.